The average molecular weight is 206 g/mol. The molecule has 0 rings (SSSR count). The summed E-state index contributed by atoms with van der Waals surface area (Å²) in [6.07, 6.45) is 1.12. The van der Waals surface area contributed by atoms with Crippen molar-refractivity contribution in [1.29, 1.82) is 0 Å². The first kappa shape index (κ1) is 42.0. The van der Waals surface area contributed by atoms with E-state index in [-0.39, 0.29) is 27.4 Å². The van der Waals surface area contributed by atoms with Crippen LogP contribution in [-0.4, -0.2) is 49.5 Å². The molecule has 0 aliphatic heterocycles. The van der Waals surface area contributed by atoms with E-state index in [1.165, 1.54) is 0 Å². The Labute approximate surface area is 72.5 Å². The van der Waals surface area contributed by atoms with Crippen molar-refractivity contribution in [3.8, 4) is 0 Å². The molecule has 9 heteroatoms. The summed E-state index contributed by atoms with van der Waals surface area (Å²) in [5.41, 5.74) is 0. The summed E-state index contributed by atoms with van der Waals surface area (Å²) in [6.45, 7) is 0. The van der Waals surface area contributed by atoms with Gasteiger partial charge in [-0.25, -0.2) is 9.59 Å². The zero-order chi connectivity index (χ0) is 6.57. The molecule has 13 heavy (non-hydrogen) atoms. The third kappa shape index (κ3) is 62.2. The summed E-state index contributed by atoms with van der Waals surface area (Å²) in [6, 6.07) is 0. The Hall–Kier alpha value is -1.52. The van der Waals surface area contributed by atoms with Crippen LogP contribution in [-0.2, 0) is 9.59 Å². The van der Waals surface area contributed by atoms with Crippen molar-refractivity contribution >= 4 is 11.9 Å². The first-order valence-electron chi connectivity index (χ1n) is 1.77. The van der Waals surface area contributed by atoms with Crippen LogP contribution in [0.5, 0.6) is 0 Å². The highest BCUT2D eigenvalue weighted by molar-refractivity contribution is 5.89. The van der Waals surface area contributed by atoms with Crippen molar-refractivity contribution in [2.24, 2.45) is 0 Å². The number of carboxylic acid groups (broad SMARTS) is 2. The monoisotopic (exact) mass is 206 g/mol. The number of rotatable bonds is 2. The summed E-state index contributed by atoms with van der Waals surface area (Å²) in [7, 11) is 0. The second-order valence-corrected chi connectivity index (χ2v) is 1.01. The molecule has 12 N–H and O–H groups in total. The topological polar surface area (TPSA) is 232 Å². The summed E-state index contributed by atoms with van der Waals surface area (Å²) >= 11 is 0. The molecule has 0 aromatic rings. The number of carbonyl (C=O) groups is 2. The largest absolute Gasteiger partial charge is 0.478 e. The van der Waals surface area contributed by atoms with Crippen molar-refractivity contribution in [3.63, 3.8) is 0 Å². The van der Waals surface area contributed by atoms with Gasteiger partial charge in [0.1, 0.15) is 0 Å². The summed E-state index contributed by atoms with van der Waals surface area (Å²) < 4.78 is 0. The molecule has 0 saturated carbocycles. The smallest absolute Gasteiger partial charge is 0.328 e. The molecule has 0 spiro atoms. The molecule has 0 heterocycles. The zero-order valence-electron chi connectivity index (χ0n) is 6.37. The highest BCUT2D eigenvalue weighted by atomic mass is 16.4. The van der Waals surface area contributed by atoms with Crippen molar-refractivity contribution in [2.45, 2.75) is 0 Å². The van der Waals surface area contributed by atoms with Crippen LogP contribution in [0.15, 0.2) is 12.2 Å². The fourth-order valence-electron chi connectivity index (χ4n) is 0.143. The van der Waals surface area contributed by atoms with Crippen LogP contribution < -0.4 is 0 Å². The summed E-state index contributed by atoms with van der Waals surface area (Å²) in [5.74, 6) is -2.51. The van der Waals surface area contributed by atoms with Crippen LogP contribution >= 0.6 is 0 Å². The van der Waals surface area contributed by atoms with Gasteiger partial charge in [0.05, 0.1) is 0 Å². The molecule has 9 nitrogen and oxygen atoms in total. The Bertz CT molecular complexity index is 123. The minimum Gasteiger partial charge on any atom is -0.478 e. The molecular weight excluding hydrogens is 192 g/mol. The van der Waals surface area contributed by atoms with Gasteiger partial charge in [-0.3, -0.25) is 0 Å². The van der Waals surface area contributed by atoms with Crippen LogP contribution in [0.2, 0.25) is 0 Å². The lowest BCUT2D eigenvalue weighted by Gasteiger charge is -1.74. The third-order valence-electron chi connectivity index (χ3n) is 0.368. The second kappa shape index (κ2) is 22.4. The van der Waals surface area contributed by atoms with E-state index in [0.29, 0.717) is 12.2 Å². The van der Waals surface area contributed by atoms with Gasteiger partial charge in [0.2, 0.25) is 0 Å². The van der Waals surface area contributed by atoms with Crippen LogP contribution in [0.25, 0.3) is 0 Å². The van der Waals surface area contributed by atoms with E-state index in [1.807, 2.05) is 0 Å². The van der Waals surface area contributed by atoms with E-state index in [0.717, 1.165) is 0 Å². The quantitative estimate of drug-likeness (QED) is 0.425. The number of hydrogen-bond acceptors (Lipinski definition) is 2. The number of aliphatic carboxylic acids is 2. The fourth-order valence-corrected chi connectivity index (χ4v) is 0.143. The molecule has 0 fully saturated rings. The predicted octanol–water partition coefficient (Wildman–Crippen LogP) is -4.41. The highest BCUT2D eigenvalue weighted by Crippen LogP contribution is 1.70. The minimum atomic E-state index is -1.26. The normalized spacial score (nSPS) is 5.85. The fraction of sp³-hybridized carbons (Fsp3) is 0. The SMILES string of the molecule is O.O.O.O.O.O=C(O)/C=C\C(=O)O. The standard InChI is InChI=1S/C4H4O4.5H2O/c5-3(6)1-2-4(7)8;;;;;/h1-2H,(H,5,6)(H,7,8);5*1H2/b2-1-;;;;;. The zero-order valence-corrected chi connectivity index (χ0v) is 6.37. The molecule has 0 aromatic heterocycles. The van der Waals surface area contributed by atoms with Gasteiger partial charge in [-0.1, -0.05) is 0 Å². The van der Waals surface area contributed by atoms with Crippen molar-refractivity contribution < 1.29 is 47.2 Å². The van der Waals surface area contributed by atoms with Gasteiger partial charge in [-0.05, 0) is 0 Å². The van der Waals surface area contributed by atoms with Crippen LogP contribution in [0.3, 0.4) is 0 Å². The molecule has 0 aromatic carbocycles. The van der Waals surface area contributed by atoms with Crippen LogP contribution in [0.4, 0.5) is 0 Å². The van der Waals surface area contributed by atoms with Crippen molar-refractivity contribution in [1.82, 2.24) is 0 Å². The molecule has 0 aliphatic rings. The van der Waals surface area contributed by atoms with E-state index in [4.69, 9.17) is 10.2 Å². The Morgan fingerprint density at radius 1 is 0.692 bits per heavy atom. The Kier molecular flexibility index (Phi) is 72.4. The Morgan fingerprint density at radius 3 is 0.923 bits per heavy atom. The van der Waals surface area contributed by atoms with Gasteiger partial charge in [-0.2, -0.15) is 0 Å². The third-order valence-corrected chi connectivity index (χ3v) is 0.368. The van der Waals surface area contributed by atoms with E-state index < -0.39 is 11.9 Å². The minimum absolute atomic E-state index is 0. The average Bonchev–Trinajstić information content (AvgIpc) is 1.61. The van der Waals surface area contributed by atoms with Gasteiger partial charge in [0, 0.05) is 12.2 Å². The molecular formula is C4H14O9. The molecule has 0 unspecified atom stereocenters. The maximum absolute atomic E-state index is 9.55. The lowest BCUT2D eigenvalue weighted by Crippen LogP contribution is -1.91. The second-order valence-electron chi connectivity index (χ2n) is 1.01. The van der Waals surface area contributed by atoms with Gasteiger partial charge >= 0.3 is 11.9 Å². The van der Waals surface area contributed by atoms with E-state index in [9.17, 15) is 9.59 Å². The lowest BCUT2D eigenvalue weighted by molar-refractivity contribution is -0.134. The first-order chi connectivity index (χ1) is 3.63. The van der Waals surface area contributed by atoms with Gasteiger partial charge < -0.3 is 37.6 Å². The van der Waals surface area contributed by atoms with E-state index >= 15 is 0 Å². The molecule has 0 atom stereocenters. The van der Waals surface area contributed by atoms with E-state index in [2.05, 4.69) is 0 Å². The first-order valence-corrected chi connectivity index (χ1v) is 1.77. The molecule has 0 saturated heterocycles. The molecule has 0 bridgehead atoms. The molecule has 0 aliphatic carbocycles. The Morgan fingerprint density at radius 2 is 0.846 bits per heavy atom. The van der Waals surface area contributed by atoms with Crippen LogP contribution in [0, 0.1) is 0 Å². The molecule has 0 amide bonds. The van der Waals surface area contributed by atoms with Gasteiger partial charge in [0.25, 0.3) is 0 Å². The molecule has 0 radical (unpaired) electrons. The van der Waals surface area contributed by atoms with Gasteiger partial charge in [0.15, 0.2) is 0 Å². The maximum atomic E-state index is 9.55. The van der Waals surface area contributed by atoms with Crippen LogP contribution in [0.1, 0.15) is 0 Å². The van der Waals surface area contributed by atoms with Crippen molar-refractivity contribution in [2.75, 3.05) is 0 Å². The summed E-state index contributed by atoms with van der Waals surface area (Å²) in [4.78, 5) is 19.1. The summed E-state index contributed by atoms with van der Waals surface area (Å²) in [5, 5.41) is 15.6. The number of hydrogen-bond donors (Lipinski definition) is 2. The lowest BCUT2D eigenvalue weighted by atomic mass is 10.5. The maximum Gasteiger partial charge on any atom is 0.328 e. The predicted molar refractivity (Wildman–Crippen MR) is 42.5 cm³/mol. The highest BCUT2D eigenvalue weighted by Gasteiger charge is 1.88. The van der Waals surface area contributed by atoms with Crippen molar-refractivity contribution in [3.05, 3.63) is 12.2 Å². The van der Waals surface area contributed by atoms with Gasteiger partial charge in [-0.15, -0.1) is 0 Å². The number of carboxylic acids is 2. The Balaban J connectivity index is -0.0000000245. The van der Waals surface area contributed by atoms with E-state index in [1.54, 1.807) is 0 Å². The molecule has 84 valence electrons.